The highest BCUT2D eigenvalue weighted by atomic mass is 79.9. The van der Waals surface area contributed by atoms with E-state index in [-0.39, 0.29) is 5.57 Å². The highest BCUT2D eigenvalue weighted by molar-refractivity contribution is 9.09. The molecule has 0 fully saturated rings. The van der Waals surface area contributed by atoms with Gasteiger partial charge in [-0.25, -0.2) is 0 Å². The molecule has 20 heavy (non-hydrogen) atoms. The number of rotatable bonds is 8. The van der Waals surface area contributed by atoms with Gasteiger partial charge in [-0.05, 0) is 36.6 Å². The number of nitriles is 2. The molecule has 0 saturated heterocycles. The summed E-state index contributed by atoms with van der Waals surface area (Å²) >= 11 is 3.41. The molecule has 0 radical (unpaired) electrons. The molecule has 104 valence electrons. The minimum Gasteiger partial charge on any atom is -0.494 e. The van der Waals surface area contributed by atoms with Crippen LogP contribution in [-0.2, 0) is 0 Å². The molecule has 3 nitrogen and oxygen atoms in total. The van der Waals surface area contributed by atoms with Gasteiger partial charge in [0.25, 0.3) is 0 Å². The Bertz CT molecular complexity index is 493. The molecule has 4 heteroatoms. The molecule has 0 aliphatic carbocycles. The Morgan fingerprint density at radius 2 is 1.70 bits per heavy atom. The van der Waals surface area contributed by atoms with Gasteiger partial charge in [-0.15, -0.1) is 0 Å². The maximum Gasteiger partial charge on any atom is 0.130 e. The monoisotopic (exact) mass is 332 g/mol. The van der Waals surface area contributed by atoms with Crippen molar-refractivity contribution in [3.8, 4) is 17.9 Å². The Labute approximate surface area is 128 Å². The molecule has 0 saturated carbocycles. The van der Waals surface area contributed by atoms with Crippen molar-refractivity contribution in [2.75, 3.05) is 11.9 Å². The van der Waals surface area contributed by atoms with Crippen LogP contribution in [-0.4, -0.2) is 11.9 Å². The molecule has 0 aromatic heterocycles. The average molecular weight is 333 g/mol. The molecule has 0 aliphatic heterocycles. The minimum absolute atomic E-state index is 0.102. The Morgan fingerprint density at radius 3 is 2.30 bits per heavy atom. The van der Waals surface area contributed by atoms with Gasteiger partial charge in [-0.2, -0.15) is 10.5 Å². The highest BCUT2D eigenvalue weighted by Crippen LogP contribution is 2.15. The molecule has 0 bridgehead atoms. The number of hydrogen-bond donors (Lipinski definition) is 0. The zero-order chi connectivity index (χ0) is 14.6. The lowest BCUT2D eigenvalue weighted by atomic mass is 10.1. The SMILES string of the molecule is N#CC(C#N)=Cc1ccc(OCCCCCCBr)cc1. The van der Waals surface area contributed by atoms with Gasteiger partial charge >= 0.3 is 0 Å². The third kappa shape index (κ3) is 6.41. The van der Waals surface area contributed by atoms with E-state index in [1.807, 2.05) is 36.4 Å². The number of unbranched alkanes of at least 4 members (excludes halogenated alkanes) is 3. The van der Waals surface area contributed by atoms with Crippen LogP contribution in [0.15, 0.2) is 29.8 Å². The molecule has 0 heterocycles. The largest absolute Gasteiger partial charge is 0.494 e. The average Bonchev–Trinajstić information content (AvgIpc) is 2.49. The fraction of sp³-hybridized carbons (Fsp3) is 0.375. The summed E-state index contributed by atoms with van der Waals surface area (Å²) in [6.07, 6.45) is 6.23. The Morgan fingerprint density at radius 1 is 1.05 bits per heavy atom. The Hall–Kier alpha value is -1.78. The molecule has 1 aromatic carbocycles. The molecule has 0 unspecified atom stereocenters. The first-order valence-electron chi connectivity index (χ1n) is 6.61. The van der Waals surface area contributed by atoms with Crippen LogP contribution in [0.25, 0.3) is 6.08 Å². The number of ether oxygens (including phenoxy) is 1. The van der Waals surface area contributed by atoms with Crippen LogP contribution in [0.1, 0.15) is 31.2 Å². The molecule has 0 aliphatic rings. The first-order chi connectivity index (χ1) is 9.80. The van der Waals surface area contributed by atoms with E-state index >= 15 is 0 Å². The highest BCUT2D eigenvalue weighted by Gasteiger charge is 1.97. The van der Waals surface area contributed by atoms with Crippen LogP contribution < -0.4 is 4.74 Å². The van der Waals surface area contributed by atoms with Crippen LogP contribution in [0.2, 0.25) is 0 Å². The second-order valence-corrected chi connectivity index (χ2v) is 5.10. The van der Waals surface area contributed by atoms with E-state index in [0.717, 1.165) is 29.7 Å². The maximum absolute atomic E-state index is 8.68. The topological polar surface area (TPSA) is 56.8 Å². The summed E-state index contributed by atoms with van der Waals surface area (Å²) in [5, 5.41) is 18.4. The normalized spacial score (nSPS) is 9.35. The Kier molecular flexibility index (Phi) is 8.19. The summed E-state index contributed by atoms with van der Waals surface area (Å²) in [7, 11) is 0. The predicted molar refractivity (Wildman–Crippen MR) is 83.4 cm³/mol. The fourth-order valence-electron chi connectivity index (χ4n) is 1.66. The van der Waals surface area contributed by atoms with E-state index in [1.54, 1.807) is 6.08 Å². The van der Waals surface area contributed by atoms with Crippen molar-refractivity contribution in [1.82, 2.24) is 0 Å². The number of benzene rings is 1. The van der Waals surface area contributed by atoms with E-state index < -0.39 is 0 Å². The quantitative estimate of drug-likeness (QED) is 0.401. The first-order valence-corrected chi connectivity index (χ1v) is 7.73. The van der Waals surface area contributed by atoms with E-state index in [9.17, 15) is 0 Å². The number of halogens is 1. The van der Waals surface area contributed by atoms with Crippen molar-refractivity contribution in [3.63, 3.8) is 0 Å². The molecule has 1 rings (SSSR count). The zero-order valence-electron chi connectivity index (χ0n) is 11.3. The third-order valence-corrected chi connectivity index (χ3v) is 3.29. The lowest BCUT2D eigenvalue weighted by molar-refractivity contribution is 0.305. The second-order valence-electron chi connectivity index (χ2n) is 4.30. The van der Waals surface area contributed by atoms with Gasteiger partial charge in [-0.1, -0.05) is 40.9 Å². The molecular weight excluding hydrogens is 316 g/mol. The molecule has 1 aromatic rings. The van der Waals surface area contributed by atoms with Crippen molar-refractivity contribution < 1.29 is 4.74 Å². The molecule has 0 atom stereocenters. The van der Waals surface area contributed by atoms with Crippen molar-refractivity contribution in [3.05, 3.63) is 35.4 Å². The smallest absolute Gasteiger partial charge is 0.130 e. The summed E-state index contributed by atoms with van der Waals surface area (Å²) in [6.45, 7) is 0.721. The lowest BCUT2D eigenvalue weighted by Gasteiger charge is -2.06. The van der Waals surface area contributed by atoms with E-state index in [2.05, 4.69) is 15.9 Å². The fourth-order valence-corrected chi connectivity index (χ4v) is 2.05. The van der Waals surface area contributed by atoms with E-state index in [4.69, 9.17) is 15.3 Å². The summed E-state index contributed by atoms with van der Waals surface area (Å²) in [4.78, 5) is 0. The Balaban J connectivity index is 2.38. The van der Waals surface area contributed by atoms with Gasteiger partial charge in [0, 0.05) is 5.33 Å². The van der Waals surface area contributed by atoms with Crippen LogP contribution in [0, 0.1) is 22.7 Å². The van der Waals surface area contributed by atoms with E-state index in [1.165, 1.54) is 19.3 Å². The van der Waals surface area contributed by atoms with Gasteiger partial charge in [-0.3, -0.25) is 0 Å². The predicted octanol–water partition coefficient (Wildman–Crippen LogP) is 4.45. The molecule has 0 N–H and O–H groups in total. The van der Waals surface area contributed by atoms with Crippen molar-refractivity contribution in [1.29, 1.82) is 10.5 Å². The van der Waals surface area contributed by atoms with Gasteiger partial charge in [0.2, 0.25) is 0 Å². The van der Waals surface area contributed by atoms with Gasteiger partial charge in [0.15, 0.2) is 0 Å². The molecule has 0 spiro atoms. The van der Waals surface area contributed by atoms with E-state index in [0.29, 0.717) is 0 Å². The van der Waals surface area contributed by atoms with Crippen molar-refractivity contribution >= 4 is 22.0 Å². The zero-order valence-corrected chi connectivity index (χ0v) is 12.9. The molecule has 0 amide bonds. The molecular formula is C16H17BrN2O. The van der Waals surface area contributed by atoms with Crippen molar-refractivity contribution in [2.45, 2.75) is 25.7 Å². The first kappa shape index (κ1) is 16.3. The van der Waals surface area contributed by atoms with Crippen LogP contribution in [0.4, 0.5) is 0 Å². The standard InChI is InChI=1S/C16H17BrN2O/c17-9-3-1-2-4-10-20-16-7-5-14(6-8-16)11-15(12-18)13-19/h5-8,11H,1-4,9-10H2. The van der Waals surface area contributed by atoms with Crippen LogP contribution >= 0.6 is 15.9 Å². The summed E-state index contributed by atoms with van der Waals surface area (Å²) in [5.41, 5.74) is 0.929. The second kappa shape index (κ2) is 10.1. The lowest BCUT2D eigenvalue weighted by Crippen LogP contribution is -1.97. The summed E-state index contributed by atoms with van der Waals surface area (Å²) in [6, 6.07) is 11.1. The van der Waals surface area contributed by atoms with Gasteiger partial charge in [0.1, 0.15) is 23.5 Å². The number of allylic oxidation sites excluding steroid dienone is 1. The number of nitrogens with zero attached hydrogens (tertiary/aromatic N) is 2. The van der Waals surface area contributed by atoms with Crippen molar-refractivity contribution in [2.24, 2.45) is 0 Å². The minimum atomic E-state index is 0.102. The number of alkyl halides is 1. The maximum atomic E-state index is 8.68. The van der Waals surface area contributed by atoms with Gasteiger partial charge in [0.05, 0.1) is 6.61 Å². The van der Waals surface area contributed by atoms with Gasteiger partial charge < -0.3 is 4.74 Å². The third-order valence-electron chi connectivity index (χ3n) is 2.73. The summed E-state index contributed by atoms with van der Waals surface area (Å²) < 4.78 is 5.64. The van der Waals surface area contributed by atoms with Crippen LogP contribution in [0.5, 0.6) is 5.75 Å². The number of hydrogen-bond acceptors (Lipinski definition) is 3. The summed E-state index contributed by atoms with van der Waals surface area (Å²) in [5.74, 6) is 0.818. The van der Waals surface area contributed by atoms with Crippen LogP contribution in [0.3, 0.4) is 0 Å².